The van der Waals surface area contributed by atoms with Crippen LogP contribution in [-0.2, 0) is 6.42 Å². The van der Waals surface area contributed by atoms with Gasteiger partial charge < -0.3 is 0 Å². The van der Waals surface area contributed by atoms with Gasteiger partial charge in [0, 0.05) is 15.1 Å². The van der Waals surface area contributed by atoms with Crippen molar-refractivity contribution in [1.82, 2.24) is 0 Å². The molecule has 0 radical (unpaired) electrons. The molecule has 3 heteroatoms. The lowest BCUT2D eigenvalue weighted by molar-refractivity contribution is 0.680. The van der Waals surface area contributed by atoms with E-state index in [2.05, 4.69) is 19.1 Å². The summed E-state index contributed by atoms with van der Waals surface area (Å²) in [5, 5.41) is 2.20. The van der Waals surface area contributed by atoms with Crippen molar-refractivity contribution in [2.45, 2.75) is 25.7 Å². The average molecular weight is 314 g/mol. The molecule has 0 amide bonds. The average Bonchev–Trinajstić information content (AvgIpc) is 2.38. The molecule has 0 heterocycles. The monoisotopic (exact) mass is 312 g/mol. The van der Waals surface area contributed by atoms with Crippen LogP contribution in [0.2, 0.25) is 15.1 Å². The van der Waals surface area contributed by atoms with Gasteiger partial charge in [0.25, 0.3) is 0 Å². The van der Waals surface area contributed by atoms with Crippen molar-refractivity contribution >= 4 is 34.8 Å². The van der Waals surface area contributed by atoms with Gasteiger partial charge in [-0.05, 0) is 54.2 Å². The zero-order valence-electron chi connectivity index (χ0n) is 10.7. The summed E-state index contributed by atoms with van der Waals surface area (Å²) in [6, 6.07) is 13.7. The van der Waals surface area contributed by atoms with Gasteiger partial charge in [-0.1, -0.05) is 59.9 Å². The van der Waals surface area contributed by atoms with E-state index in [1.165, 1.54) is 5.56 Å². The van der Waals surface area contributed by atoms with Crippen molar-refractivity contribution in [2.24, 2.45) is 0 Å². The maximum absolute atomic E-state index is 6.18. The number of benzene rings is 2. The van der Waals surface area contributed by atoms with E-state index < -0.39 is 0 Å². The first-order valence-electron chi connectivity index (χ1n) is 6.25. The van der Waals surface area contributed by atoms with Crippen LogP contribution in [-0.4, -0.2) is 0 Å². The van der Waals surface area contributed by atoms with Crippen LogP contribution in [0, 0.1) is 0 Å². The first-order chi connectivity index (χ1) is 9.06. The Labute approximate surface area is 129 Å². The molecule has 0 aliphatic rings. The molecule has 0 aromatic heterocycles. The van der Waals surface area contributed by atoms with Crippen LogP contribution in [0.25, 0.3) is 0 Å². The fraction of sp³-hybridized carbons (Fsp3) is 0.250. The summed E-state index contributed by atoms with van der Waals surface area (Å²) in [6.45, 7) is 2.22. The molecule has 1 unspecified atom stereocenters. The fourth-order valence-corrected chi connectivity index (χ4v) is 2.68. The molecule has 2 rings (SSSR count). The van der Waals surface area contributed by atoms with Crippen LogP contribution >= 0.6 is 34.8 Å². The molecule has 0 aliphatic carbocycles. The van der Waals surface area contributed by atoms with Gasteiger partial charge in [-0.3, -0.25) is 0 Å². The molecule has 0 fully saturated rings. The Balaban J connectivity index is 2.00. The minimum absolute atomic E-state index is 0.476. The summed E-state index contributed by atoms with van der Waals surface area (Å²) in [5.41, 5.74) is 2.45. The summed E-state index contributed by atoms with van der Waals surface area (Å²) in [6.07, 6.45) is 1.99. The smallest absolute Gasteiger partial charge is 0.0452 e. The van der Waals surface area contributed by atoms with Crippen molar-refractivity contribution in [1.29, 1.82) is 0 Å². The Hall–Kier alpha value is -0.690. The highest BCUT2D eigenvalue weighted by Crippen LogP contribution is 2.26. The van der Waals surface area contributed by atoms with Gasteiger partial charge >= 0.3 is 0 Å². The molecule has 2 aromatic carbocycles. The molecule has 0 nitrogen and oxygen atoms in total. The van der Waals surface area contributed by atoms with E-state index in [0.717, 1.165) is 28.5 Å². The summed E-state index contributed by atoms with van der Waals surface area (Å²) in [4.78, 5) is 0. The van der Waals surface area contributed by atoms with Crippen LogP contribution in [0.3, 0.4) is 0 Å². The fourth-order valence-electron chi connectivity index (χ4n) is 2.05. The quantitative estimate of drug-likeness (QED) is 0.614. The Kier molecular flexibility index (Phi) is 5.15. The maximum Gasteiger partial charge on any atom is 0.0452 e. The molecule has 0 bridgehead atoms. The number of rotatable bonds is 4. The Morgan fingerprint density at radius 1 is 0.895 bits per heavy atom. The van der Waals surface area contributed by atoms with Gasteiger partial charge in [0.05, 0.1) is 0 Å². The molecule has 19 heavy (non-hydrogen) atoms. The lowest BCUT2D eigenvalue weighted by Gasteiger charge is -2.12. The predicted octanol–water partition coefficient (Wildman–Crippen LogP) is 6.38. The van der Waals surface area contributed by atoms with Crippen molar-refractivity contribution in [3.63, 3.8) is 0 Å². The highest BCUT2D eigenvalue weighted by Gasteiger charge is 2.08. The topological polar surface area (TPSA) is 0 Å². The third kappa shape index (κ3) is 4.14. The number of hydrogen-bond acceptors (Lipinski definition) is 0. The normalized spacial score (nSPS) is 12.4. The van der Waals surface area contributed by atoms with Gasteiger partial charge in [-0.2, -0.15) is 0 Å². The first kappa shape index (κ1) is 14.7. The van der Waals surface area contributed by atoms with Gasteiger partial charge in [0.2, 0.25) is 0 Å². The largest absolute Gasteiger partial charge is 0.0843 e. The molecule has 0 N–H and O–H groups in total. The lowest BCUT2D eigenvalue weighted by Crippen LogP contribution is -1.97. The van der Waals surface area contributed by atoms with Gasteiger partial charge in [0.1, 0.15) is 0 Å². The molecule has 2 aromatic rings. The van der Waals surface area contributed by atoms with Gasteiger partial charge in [-0.25, -0.2) is 0 Å². The first-order valence-corrected chi connectivity index (χ1v) is 7.39. The summed E-state index contributed by atoms with van der Waals surface area (Å²) in [7, 11) is 0. The molecule has 0 spiro atoms. The SMILES string of the molecule is CC(CCc1ccc(Cl)cc1Cl)c1ccc(Cl)cc1. The number of aryl methyl sites for hydroxylation is 1. The molecular weight excluding hydrogens is 299 g/mol. The van der Waals surface area contributed by atoms with Crippen LogP contribution in [0.1, 0.15) is 30.4 Å². The van der Waals surface area contributed by atoms with E-state index in [1.807, 2.05) is 24.3 Å². The van der Waals surface area contributed by atoms with Crippen LogP contribution < -0.4 is 0 Å². The van der Waals surface area contributed by atoms with Crippen LogP contribution in [0.5, 0.6) is 0 Å². The van der Waals surface area contributed by atoms with Crippen molar-refractivity contribution in [3.8, 4) is 0 Å². The summed E-state index contributed by atoms with van der Waals surface area (Å²) < 4.78 is 0. The number of halogens is 3. The van der Waals surface area contributed by atoms with Crippen molar-refractivity contribution < 1.29 is 0 Å². The Bertz CT molecular complexity index is 546. The maximum atomic E-state index is 6.18. The van der Waals surface area contributed by atoms with Crippen molar-refractivity contribution in [3.05, 3.63) is 68.7 Å². The second-order valence-corrected chi connectivity index (χ2v) is 6.01. The van der Waals surface area contributed by atoms with Crippen molar-refractivity contribution in [2.75, 3.05) is 0 Å². The highest BCUT2D eigenvalue weighted by atomic mass is 35.5. The molecular formula is C16H15Cl3. The van der Waals surface area contributed by atoms with Gasteiger partial charge in [-0.15, -0.1) is 0 Å². The van der Waals surface area contributed by atoms with E-state index in [4.69, 9.17) is 34.8 Å². The Morgan fingerprint density at radius 3 is 2.16 bits per heavy atom. The minimum atomic E-state index is 0.476. The van der Waals surface area contributed by atoms with E-state index in [-0.39, 0.29) is 0 Å². The highest BCUT2D eigenvalue weighted by molar-refractivity contribution is 6.35. The van der Waals surface area contributed by atoms with Crippen LogP contribution in [0.4, 0.5) is 0 Å². The molecule has 100 valence electrons. The standard InChI is InChI=1S/C16H15Cl3/c1-11(12-4-7-14(17)8-5-12)2-3-13-6-9-15(18)10-16(13)19/h4-11H,2-3H2,1H3. The third-order valence-electron chi connectivity index (χ3n) is 3.30. The van der Waals surface area contributed by atoms with E-state index in [0.29, 0.717) is 10.9 Å². The van der Waals surface area contributed by atoms with E-state index >= 15 is 0 Å². The number of hydrogen-bond donors (Lipinski definition) is 0. The molecule has 0 saturated carbocycles. The molecule has 0 saturated heterocycles. The zero-order chi connectivity index (χ0) is 13.8. The Morgan fingerprint density at radius 2 is 1.53 bits per heavy atom. The zero-order valence-corrected chi connectivity index (χ0v) is 12.9. The third-order valence-corrected chi connectivity index (χ3v) is 4.14. The second kappa shape index (κ2) is 6.65. The van der Waals surface area contributed by atoms with Gasteiger partial charge in [0.15, 0.2) is 0 Å². The predicted molar refractivity (Wildman–Crippen MR) is 84.7 cm³/mol. The summed E-state index contributed by atoms with van der Waals surface area (Å²) >= 11 is 18.0. The molecule has 0 aliphatic heterocycles. The van der Waals surface area contributed by atoms with E-state index in [1.54, 1.807) is 6.07 Å². The van der Waals surface area contributed by atoms with E-state index in [9.17, 15) is 0 Å². The summed E-state index contributed by atoms with van der Waals surface area (Å²) in [5.74, 6) is 0.476. The lowest BCUT2D eigenvalue weighted by atomic mass is 9.94. The molecule has 1 atom stereocenters. The minimum Gasteiger partial charge on any atom is -0.0843 e. The van der Waals surface area contributed by atoms with Crippen LogP contribution in [0.15, 0.2) is 42.5 Å². The second-order valence-electron chi connectivity index (χ2n) is 4.73.